The number of hydrogen-bond acceptors (Lipinski definition) is 8. The fourth-order valence-electron chi connectivity index (χ4n) is 5.28. The highest BCUT2D eigenvalue weighted by atomic mass is 16.3. The van der Waals surface area contributed by atoms with E-state index >= 15 is 0 Å². The third kappa shape index (κ3) is 4.93. The summed E-state index contributed by atoms with van der Waals surface area (Å²) in [6, 6.07) is 13.8. The number of fused-ring (bicyclic) bond motifs is 6. The van der Waals surface area contributed by atoms with Crippen molar-refractivity contribution in [3.05, 3.63) is 76.4 Å². The fraction of sp³-hybridized carbons (Fsp3) is 0.379. The van der Waals surface area contributed by atoms with Crippen LogP contribution in [0.4, 0.5) is 17.3 Å². The summed E-state index contributed by atoms with van der Waals surface area (Å²) >= 11 is 0. The van der Waals surface area contributed by atoms with Gasteiger partial charge in [-0.1, -0.05) is 17.7 Å². The molecular weight excluding hydrogens is 492 g/mol. The average molecular weight is 527 g/mol. The first kappa shape index (κ1) is 25.3. The monoisotopic (exact) mass is 526 g/mol. The molecule has 1 unspecified atom stereocenters. The zero-order valence-corrected chi connectivity index (χ0v) is 22.6. The van der Waals surface area contributed by atoms with E-state index in [1.807, 2.05) is 37.3 Å². The van der Waals surface area contributed by atoms with Crippen LogP contribution < -0.4 is 15.8 Å². The number of anilines is 3. The summed E-state index contributed by atoms with van der Waals surface area (Å²) in [5.74, 6) is 0.913. The van der Waals surface area contributed by atoms with E-state index in [0.29, 0.717) is 47.9 Å². The first-order valence-corrected chi connectivity index (χ1v) is 13.4. The Morgan fingerprint density at radius 3 is 2.56 bits per heavy atom. The molecule has 1 saturated heterocycles. The van der Waals surface area contributed by atoms with Crippen LogP contribution in [0.3, 0.4) is 0 Å². The average Bonchev–Trinajstić information content (AvgIpc) is 3.19. The van der Waals surface area contributed by atoms with Crippen LogP contribution in [0.25, 0.3) is 16.9 Å². The molecule has 10 nitrogen and oxygen atoms in total. The number of piperazine rings is 1. The smallest absolute Gasteiger partial charge is 0.278 e. The lowest BCUT2D eigenvalue weighted by molar-refractivity contribution is 0.0442. The van der Waals surface area contributed by atoms with Gasteiger partial charge in [0, 0.05) is 43.8 Å². The van der Waals surface area contributed by atoms with E-state index in [2.05, 4.69) is 45.4 Å². The lowest BCUT2D eigenvalue weighted by Gasteiger charge is -2.34. The summed E-state index contributed by atoms with van der Waals surface area (Å²) in [7, 11) is 2.15. The molecule has 39 heavy (non-hydrogen) atoms. The SMILES string of the molecule is CC1=CCCC(C)(O)c2cccc(n2)-n2c3nc(Nc4ccc(N5CCN(C)CC5)cc4)ncc3c(=O)n2C1. The molecule has 3 aromatic heterocycles. The van der Waals surface area contributed by atoms with Gasteiger partial charge in [-0.05, 0) is 70.1 Å². The topological polar surface area (TPSA) is 104 Å². The van der Waals surface area contributed by atoms with Gasteiger partial charge < -0.3 is 20.2 Å². The molecule has 0 amide bonds. The Bertz CT molecular complexity index is 1590. The summed E-state index contributed by atoms with van der Waals surface area (Å²) in [6.45, 7) is 8.29. The van der Waals surface area contributed by atoms with E-state index in [9.17, 15) is 9.90 Å². The van der Waals surface area contributed by atoms with Crippen molar-refractivity contribution < 1.29 is 5.11 Å². The van der Waals surface area contributed by atoms with Gasteiger partial charge in [-0.3, -0.25) is 4.79 Å². The molecule has 0 radical (unpaired) electrons. The Balaban J connectivity index is 1.38. The summed E-state index contributed by atoms with van der Waals surface area (Å²) in [4.78, 5) is 32.2. The number of rotatable bonds is 3. The molecule has 2 N–H and O–H groups in total. The standard InChI is InChI=1S/C29H34N8O2/c1-20-6-5-13-29(2,39)24-7-4-8-25(32-24)37-26-23(27(38)36(37)19-20)18-30-28(33-26)31-21-9-11-22(12-10-21)35-16-14-34(3)15-17-35/h4,6-12,18,39H,5,13-17,19H2,1-3H3,(H,30,31,33). The van der Waals surface area contributed by atoms with E-state index < -0.39 is 5.60 Å². The van der Waals surface area contributed by atoms with Gasteiger partial charge in [-0.15, -0.1) is 0 Å². The van der Waals surface area contributed by atoms with Crippen LogP contribution in [-0.4, -0.2) is 67.5 Å². The molecule has 2 aliphatic rings. The summed E-state index contributed by atoms with van der Waals surface area (Å²) in [6.07, 6.45) is 4.86. The number of aromatic nitrogens is 5. The predicted octanol–water partition coefficient (Wildman–Crippen LogP) is 3.42. The second-order valence-corrected chi connectivity index (χ2v) is 10.8. The maximum absolute atomic E-state index is 13.5. The molecule has 0 spiro atoms. The van der Waals surface area contributed by atoms with Crippen LogP contribution in [0.5, 0.6) is 0 Å². The first-order valence-electron chi connectivity index (χ1n) is 13.4. The highest BCUT2D eigenvalue weighted by Crippen LogP contribution is 2.28. The van der Waals surface area contributed by atoms with Gasteiger partial charge in [0.25, 0.3) is 5.56 Å². The first-order chi connectivity index (χ1) is 18.8. The minimum Gasteiger partial charge on any atom is -0.384 e. The van der Waals surface area contributed by atoms with E-state index in [0.717, 1.165) is 37.4 Å². The maximum Gasteiger partial charge on any atom is 0.278 e. The molecule has 10 heteroatoms. The molecule has 1 aromatic carbocycles. The number of aliphatic hydroxyl groups is 1. The molecule has 0 saturated carbocycles. The Morgan fingerprint density at radius 2 is 1.79 bits per heavy atom. The number of nitrogens with zero attached hydrogens (tertiary/aromatic N) is 7. The van der Waals surface area contributed by atoms with E-state index in [-0.39, 0.29) is 5.56 Å². The second kappa shape index (κ2) is 9.94. The Kier molecular flexibility index (Phi) is 6.44. The van der Waals surface area contributed by atoms with Gasteiger partial charge in [0.15, 0.2) is 11.5 Å². The predicted molar refractivity (Wildman–Crippen MR) is 153 cm³/mol. The number of pyridine rings is 1. The minimum absolute atomic E-state index is 0.181. The number of nitrogens with one attached hydrogen (secondary N) is 1. The van der Waals surface area contributed by atoms with Crippen molar-refractivity contribution in [1.82, 2.24) is 29.2 Å². The van der Waals surface area contributed by atoms with Crippen molar-refractivity contribution in [2.75, 3.05) is 43.4 Å². The maximum atomic E-state index is 13.5. The Morgan fingerprint density at radius 1 is 1.03 bits per heavy atom. The highest BCUT2D eigenvalue weighted by Gasteiger charge is 2.26. The zero-order valence-electron chi connectivity index (χ0n) is 22.6. The lowest BCUT2D eigenvalue weighted by atomic mass is 9.95. The molecule has 0 aliphatic carbocycles. The normalized spacial score (nSPS) is 20.3. The van der Waals surface area contributed by atoms with Gasteiger partial charge in [-0.2, -0.15) is 4.98 Å². The van der Waals surface area contributed by atoms with Crippen molar-refractivity contribution >= 4 is 28.4 Å². The van der Waals surface area contributed by atoms with Crippen LogP contribution in [-0.2, 0) is 12.1 Å². The molecule has 202 valence electrons. The lowest BCUT2D eigenvalue weighted by Crippen LogP contribution is -2.44. The van der Waals surface area contributed by atoms with Crippen molar-refractivity contribution in [3.63, 3.8) is 0 Å². The van der Waals surface area contributed by atoms with Gasteiger partial charge >= 0.3 is 0 Å². The number of benzene rings is 1. The summed E-state index contributed by atoms with van der Waals surface area (Å²) in [5, 5.41) is 14.8. The number of allylic oxidation sites excluding steroid dienone is 2. The third-order valence-corrected chi connectivity index (χ3v) is 7.69. The van der Waals surface area contributed by atoms with Crippen LogP contribution in [0.1, 0.15) is 32.4 Å². The van der Waals surface area contributed by atoms with Gasteiger partial charge in [0.2, 0.25) is 5.95 Å². The summed E-state index contributed by atoms with van der Waals surface area (Å²) in [5.41, 5.74) is 2.82. The van der Waals surface area contributed by atoms with Crippen LogP contribution in [0.2, 0.25) is 0 Å². The van der Waals surface area contributed by atoms with Crippen molar-refractivity contribution in [2.45, 2.75) is 38.8 Å². The largest absolute Gasteiger partial charge is 0.384 e. The Labute approximate surface area is 227 Å². The molecule has 2 aliphatic heterocycles. The zero-order chi connectivity index (χ0) is 27.1. The van der Waals surface area contributed by atoms with Crippen LogP contribution in [0, 0.1) is 0 Å². The summed E-state index contributed by atoms with van der Waals surface area (Å²) < 4.78 is 3.38. The van der Waals surface area contributed by atoms with Gasteiger partial charge in [-0.25, -0.2) is 19.3 Å². The van der Waals surface area contributed by atoms with E-state index in [1.165, 1.54) is 5.69 Å². The molecule has 5 heterocycles. The Hall–Kier alpha value is -4.02. The molecule has 6 rings (SSSR count). The molecular formula is C29H34N8O2. The highest BCUT2D eigenvalue weighted by molar-refractivity contribution is 5.77. The minimum atomic E-state index is -1.09. The van der Waals surface area contributed by atoms with Crippen molar-refractivity contribution in [2.24, 2.45) is 0 Å². The molecule has 2 bridgehead atoms. The molecule has 1 atom stereocenters. The fourth-order valence-corrected chi connectivity index (χ4v) is 5.28. The van der Waals surface area contributed by atoms with E-state index in [1.54, 1.807) is 22.5 Å². The van der Waals surface area contributed by atoms with Crippen molar-refractivity contribution in [1.29, 1.82) is 0 Å². The van der Waals surface area contributed by atoms with E-state index in [4.69, 9.17) is 9.97 Å². The van der Waals surface area contributed by atoms with Crippen LogP contribution >= 0.6 is 0 Å². The molecule has 1 fully saturated rings. The number of hydrogen-bond donors (Lipinski definition) is 2. The molecule has 4 aromatic rings. The van der Waals surface area contributed by atoms with Gasteiger partial charge in [0.1, 0.15) is 11.0 Å². The second-order valence-electron chi connectivity index (χ2n) is 10.8. The number of likely N-dealkylation sites (N-methyl/N-ethyl adjacent to an activating group) is 1. The van der Waals surface area contributed by atoms with Gasteiger partial charge in [0.05, 0.1) is 12.2 Å². The van der Waals surface area contributed by atoms with Crippen LogP contribution in [0.15, 0.2) is 65.1 Å². The van der Waals surface area contributed by atoms with Crippen molar-refractivity contribution in [3.8, 4) is 5.82 Å². The third-order valence-electron chi connectivity index (χ3n) is 7.69. The quantitative estimate of drug-likeness (QED) is 0.392.